The van der Waals surface area contributed by atoms with Crippen LogP contribution in [0.1, 0.15) is 61.9 Å². The standard InChI is InChI=1S/C24H34O6/c1-14-7-6-8-18-23(14,3)10-9-15(2)24(18,13-25)12-16-11-17(22(28)30-5)20(27)21(29-4)19(16)26/h11,15,18,25-27H,1,6-10,12-13H2,2-5H3/t15-,18+,23+,24-/m0/s1. The fraction of sp³-hybridized carbons (Fsp3) is 0.625. The fourth-order valence-electron chi connectivity index (χ4n) is 6.05. The molecule has 0 aliphatic heterocycles. The lowest BCUT2D eigenvalue weighted by Crippen LogP contribution is -2.54. The van der Waals surface area contributed by atoms with Crippen LogP contribution in [0.5, 0.6) is 17.2 Å². The number of rotatable bonds is 5. The number of aromatic hydroxyl groups is 2. The minimum atomic E-state index is -0.710. The van der Waals surface area contributed by atoms with Gasteiger partial charge in [-0.1, -0.05) is 26.0 Å². The summed E-state index contributed by atoms with van der Waals surface area (Å²) >= 11 is 0. The molecule has 0 radical (unpaired) electrons. The predicted octanol–water partition coefficient (Wildman–Crippen LogP) is 4.21. The Balaban J connectivity index is 2.14. The molecule has 3 N–H and O–H groups in total. The Morgan fingerprint density at radius 3 is 2.57 bits per heavy atom. The minimum Gasteiger partial charge on any atom is -0.504 e. The first-order valence-corrected chi connectivity index (χ1v) is 10.7. The van der Waals surface area contributed by atoms with Crippen LogP contribution >= 0.6 is 0 Å². The van der Waals surface area contributed by atoms with Crippen LogP contribution in [-0.4, -0.2) is 42.1 Å². The van der Waals surface area contributed by atoms with Crippen LogP contribution in [-0.2, 0) is 11.2 Å². The van der Waals surface area contributed by atoms with Crippen LogP contribution < -0.4 is 4.74 Å². The van der Waals surface area contributed by atoms with Gasteiger partial charge in [0.05, 0.1) is 14.2 Å². The van der Waals surface area contributed by atoms with Gasteiger partial charge in [-0.3, -0.25) is 0 Å². The van der Waals surface area contributed by atoms with Crippen molar-refractivity contribution in [1.82, 2.24) is 0 Å². The number of allylic oxidation sites excluding steroid dienone is 1. The molecule has 6 heteroatoms. The molecule has 2 fully saturated rings. The molecule has 0 spiro atoms. The number of methoxy groups -OCH3 is 2. The molecule has 2 saturated carbocycles. The molecule has 0 aromatic heterocycles. The Morgan fingerprint density at radius 1 is 1.27 bits per heavy atom. The van der Waals surface area contributed by atoms with Crippen molar-refractivity contribution >= 4 is 5.97 Å². The second-order valence-electron chi connectivity index (χ2n) is 9.28. The minimum absolute atomic E-state index is 0.0299. The van der Waals surface area contributed by atoms with E-state index in [4.69, 9.17) is 9.47 Å². The van der Waals surface area contributed by atoms with Crippen molar-refractivity contribution in [3.8, 4) is 17.2 Å². The van der Waals surface area contributed by atoms with E-state index in [1.165, 1.54) is 25.9 Å². The van der Waals surface area contributed by atoms with E-state index in [2.05, 4.69) is 20.4 Å². The maximum atomic E-state index is 12.2. The number of aliphatic hydroxyl groups excluding tert-OH is 1. The molecule has 4 atom stereocenters. The Hall–Kier alpha value is -2.21. The van der Waals surface area contributed by atoms with Crippen molar-refractivity contribution < 1.29 is 29.6 Å². The van der Waals surface area contributed by atoms with E-state index >= 15 is 0 Å². The van der Waals surface area contributed by atoms with Gasteiger partial charge >= 0.3 is 5.97 Å². The van der Waals surface area contributed by atoms with Gasteiger partial charge in [-0.2, -0.15) is 0 Å². The first-order chi connectivity index (χ1) is 14.2. The van der Waals surface area contributed by atoms with E-state index in [1.807, 2.05) is 0 Å². The topological polar surface area (TPSA) is 96.2 Å². The molecule has 3 rings (SSSR count). The Labute approximate surface area is 178 Å². The van der Waals surface area contributed by atoms with Crippen molar-refractivity contribution in [3.05, 3.63) is 29.3 Å². The van der Waals surface area contributed by atoms with Gasteiger partial charge in [-0.05, 0) is 67.4 Å². The van der Waals surface area contributed by atoms with Crippen molar-refractivity contribution in [1.29, 1.82) is 0 Å². The van der Waals surface area contributed by atoms with Crippen LogP contribution in [0, 0.1) is 22.7 Å². The third-order valence-electron chi connectivity index (χ3n) is 8.05. The molecule has 0 amide bonds. The van der Waals surface area contributed by atoms with Gasteiger partial charge in [-0.25, -0.2) is 4.79 Å². The SMILES string of the molecule is C=C1CCC[C@H]2[C@](CO)(Cc3cc(C(=O)OC)c(O)c(OC)c3O)[C@@H](C)CC[C@]12C. The zero-order chi connectivity index (χ0) is 22.3. The van der Waals surface area contributed by atoms with E-state index in [9.17, 15) is 20.1 Å². The second kappa shape index (κ2) is 8.14. The summed E-state index contributed by atoms with van der Waals surface area (Å²) in [5, 5.41) is 32.0. The monoisotopic (exact) mass is 418 g/mol. The van der Waals surface area contributed by atoms with Gasteiger partial charge in [0.15, 0.2) is 11.5 Å². The summed E-state index contributed by atoms with van der Waals surface area (Å²) in [7, 11) is 2.56. The Bertz CT molecular complexity index is 847. The van der Waals surface area contributed by atoms with Crippen molar-refractivity contribution in [2.75, 3.05) is 20.8 Å². The molecule has 6 nitrogen and oxygen atoms in total. The molecule has 0 heterocycles. The van der Waals surface area contributed by atoms with Crippen LogP contribution in [0.25, 0.3) is 0 Å². The number of benzene rings is 1. The number of aliphatic hydroxyl groups is 1. The average molecular weight is 419 g/mol. The molecule has 30 heavy (non-hydrogen) atoms. The van der Waals surface area contributed by atoms with Gasteiger partial charge in [0.25, 0.3) is 0 Å². The maximum Gasteiger partial charge on any atom is 0.341 e. The summed E-state index contributed by atoms with van der Waals surface area (Å²) in [6.07, 6.45) is 5.38. The third kappa shape index (κ3) is 3.25. The molecule has 1 aromatic carbocycles. The highest BCUT2D eigenvalue weighted by molar-refractivity contribution is 5.94. The molecular formula is C24H34O6. The molecule has 1 aromatic rings. The lowest BCUT2D eigenvalue weighted by atomic mass is 9.45. The van der Waals surface area contributed by atoms with Crippen molar-refractivity contribution in [3.63, 3.8) is 0 Å². The van der Waals surface area contributed by atoms with Gasteiger partial charge < -0.3 is 24.8 Å². The lowest BCUT2D eigenvalue weighted by Gasteiger charge is -2.59. The molecule has 0 saturated heterocycles. The van der Waals surface area contributed by atoms with E-state index < -0.39 is 17.1 Å². The summed E-state index contributed by atoms with van der Waals surface area (Å²) in [4.78, 5) is 12.2. The Kier molecular flexibility index (Phi) is 6.10. The molecule has 166 valence electrons. The number of hydrogen-bond acceptors (Lipinski definition) is 6. The first kappa shape index (κ1) is 22.5. The molecule has 2 aliphatic rings. The normalized spacial score (nSPS) is 31.2. The van der Waals surface area contributed by atoms with E-state index in [0.29, 0.717) is 12.0 Å². The van der Waals surface area contributed by atoms with Crippen molar-refractivity contribution in [2.45, 2.75) is 52.4 Å². The molecule has 2 aliphatic carbocycles. The fourth-order valence-corrected chi connectivity index (χ4v) is 6.05. The molecule has 0 bridgehead atoms. The first-order valence-electron chi connectivity index (χ1n) is 10.7. The third-order valence-corrected chi connectivity index (χ3v) is 8.05. The number of phenolic OH excluding ortho intramolecular Hbond substituents is 2. The van der Waals surface area contributed by atoms with Gasteiger partial charge in [-0.15, -0.1) is 0 Å². The van der Waals surface area contributed by atoms with Crippen LogP contribution in [0.3, 0.4) is 0 Å². The van der Waals surface area contributed by atoms with E-state index in [1.54, 1.807) is 0 Å². The highest BCUT2D eigenvalue weighted by atomic mass is 16.5. The number of esters is 1. The number of phenols is 2. The molecule has 0 unspecified atom stereocenters. The van der Waals surface area contributed by atoms with Crippen LogP contribution in [0.4, 0.5) is 0 Å². The van der Waals surface area contributed by atoms with E-state index in [-0.39, 0.29) is 40.9 Å². The summed E-state index contributed by atoms with van der Waals surface area (Å²) in [6, 6.07) is 1.47. The summed E-state index contributed by atoms with van der Waals surface area (Å²) < 4.78 is 9.99. The van der Waals surface area contributed by atoms with Gasteiger partial charge in [0.1, 0.15) is 5.56 Å². The van der Waals surface area contributed by atoms with Gasteiger partial charge in [0, 0.05) is 12.0 Å². The zero-order valence-electron chi connectivity index (χ0n) is 18.5. The van der Waals surface area contributed by atoms with Gasteiger partial charge in [0.2, 0.25) is 5.75 Å². The number of carbonyl (C=O) groups excluding carboxylic acids is 1. The number of ether oxygens (including phenoxy) is 2. The Morgan fingerprint density at radius 2 is 1.97 bits per heavy atom. The predicted molar refractivity (Wildman–Crippen MR) is 114 cm³/mol. The average Bonchev–Trinajstić information content (AvgIpc) is 2.73. The van der Waals surface area contributed by atoms with Crippen LogP contribution in [0.2, 0.25) is 0 Å². The summed E-state index contributed by atoms with van der Waals surface area (Å²) in [5.74, 6) is -1.09. The van der Waals surface area contributed by atoms with Crippen molar-refractivity contribution in [2.24, 2.45) is 22.7 Å². The quantitative estimate of drug-likeness (QED) is 0.490. The molecular weight excluding hydrogens is 384 g/mol. The number of carbonyl (C=O) groups is 1. The lowest BCUT2D eigenvalue weighted by molar-refractivity contribution is -0.0925. The second-order valence-corrected chi connectivity index (χ2v) is 9.28. The summed E-state index contributed by atoms with van der Waals surface area (Å²) in [5.41, 5.74) is 1.10. The summed E-state index contributed by atoms with van der Waals surface area (Å²) in [6.45, 7) is 8.74. The number of hydrogen-bond donors (Lipinski definition) is 3. The number of fused-ring (bicyclic) bond motifs is 1. The largest absolute Gasteiger partial charge is 0.504 e. The maximum absolute atomic E-state index is 12.2. The highest BCUT2D eigenvalue weighted by Crippen LogP contribution is 2.62. The zero-order valence-corrected chi connectivity index (χ0v) is 18.5. The highest BCUT2D eigenvalue weighted by Gasteiger charge is 2.56. The van der Waals surface area contributed by atoms with E-state index in [0.717, 1.165) is 32.1 Å². The smallest absolute Gasteiger partial charge is 0.341 e. The van der Waals surface area contributed by atoms with Crippen LogP contribution in [0.15, 0.2) is 18.2 Å².